The van der Waals surface area contributed by atoms with Gasteiger partial charge in [0.15, 0.2) is 0 Å². The number of fused-ring (bicyclic) bond motifs is 1. The van der Waals surface area contributed by atoms with E-state index in [4.69, 9.17) is 0 Å². The summed E-state index contributed by atoms with van der Waals surface area (Å²) in [6.07, 6.45) is 19.6. The minimum Gasteiger partial charge on any atom is -0.0914 e. The highest BCUT2D eigenvalue weighted by molar-refractivity contribution is 5.25. The number of aryl methyl sites for hydroxylation is 1. The van der Waals surface area contributed by atoms with E-state index in [1.807, 2.05) is 0 Å². The molecule has 0 amide bonds. The molecule has 0 spiro atoms. The first-order valence-corrected chi connectivity index (χ1v) is 11.4. The maximum absolute atomic E-state index is 2.46. The topological polar surface area (TPSA) is 0 Å². The summed E-state index contributed by atoms with van der Waals surface area (Å²) >= 11 is 0. The fraction of sp³-hybridized carbons (Fsp3) is 0.692. The molecule has 3 aliphatic rings. The minimum atomic E-state index is 0.838. The molecule has 1 aromatic carbocycles. The van der Waals surface area contributed by atoms with Gasteiger partial charge in [-0.25, -0.2) is 0 Å². The lowest BCUT2D eigenvalue weighted by atomic mass is 9.60. The van der Waals surface area contributed by atoms with Crippen LogP contribution in [0.25, 0.3) is 0 Å². The van der Waals surface area contributed by atoms with E-state index in [2.05, 4.69) is 50.3 Å². The predicted octanol–water partition coefficient (Wildman–Crippen LogP) is 7.68. The van der Waals surface area contributed by atoms with E-state index in [-0.39, 0.29) is 0 Å². The van der Waals surface area contributed by atoms with Gasteiger partial charge in [0.25, 0.3) is 0 Å². The van der Waals surface area contributed by atoms with E-state index in [0.717, 1.165) is 35.5 Å². The first kappa shape index (κ1) is 18.3. The highest BCUT2D eigenvalue weighted by Crippen LogP contribution is 2.50. The Bertz CT molecular complexity index is 587. The molecule has 1 aromatic rings. The maximum atomic E-state index is 2.46. The third kappa shape index (κ3) is 4.10. The smallest absolute Gasteiger partial charge is 0.0159 e. The Morgan fingerprint density at radius 2 is 1.27 bits per heavy atom. The zero-order chi connectivity index (χ0) is 17.9. The Morgan fingerprint density at radius 1 is 0.692 bits per heavy atom. The fourth-order valence-corrected chi connectivity index (χ4v) is 6.58. The zero-order valence-corrected chi connectivity index (χ0v) is 17.0. The van der Waals surface area contributed by atoms with Crippen LogP contribution in [-0.2, 0) is 0 Å². The van der Waals surface area contributed by atoms with Crippen molar-refractivity contribution in [2.45, 2.75) is 84.0 Å². The van der Waals surface area contributed by atoms with Crippen LogP contribution in [0.5, 0.6) is 0 Å². The molecule has 0 radical (unpaired) electrons. The van der Waals surface area contributed by atoms with Gasteiger partial charge in [0.2, 0.25) is 0 Å². The second kappa shape index (κ2) is 8.32. The second-order valence-corrected chi connectivity index (χ2v) is 9.71. The van der Waals surface area contributed by atoms with Crippen LogP contribution in [0.15, 0.2) is 36.4 Å². The van der Waals surface area contributed by atoms with Crippen LogP contribution in [0.1, 0.15) is 88.2 Å². The van der Waals surface area contributed by atoms with E-state index in [9.17, 15) is 0 Å². The summed E-state index contributed by atoms with van der Waals surface area (Å²) in [7, 11) is 0. The molecular weight excluding hydrogens is 312 g/mol. The van der Waals surface area contributed by atoms with Crippen LogP contribution in [-0.4, -0.2) is 0 Å². The predicted molar refractivity (Wildman–Crippen MR) is 112 cm³/mol. The molecule has 3 fully saturated rings. The van der Waals surface area contributed by atoms with E-state index in [0.29, 0.717) is 0 Å². The molecule has 0 heteroatoms. The molecule has 0 saturated heterocycles. The Hall–Kier alpha value is -1.04. The highest BCUT2D eigenvalue weighted by atomic mass is 14.4. The lowest BCUT2D eigenvalue weighted by Gasteiger charge is -2.45. The molecule has 0 heterocycles. The molecule has 0 aliphatic heterocycles. The third-order valence-electron chi connectivity index (χ3n) is 8.15. The molecule has 0 nitrogen and oxygen atoms in total. The van der Waals surface area contributed by atoms with E-state index >= 15 is 0 Å². The minimum absolute atomic E-state index is 0.838. The summed E-state index contributed by atoms with van der Waals surface area (Å²) in [5, 5.41) is 0. The normalized spacial score (nSPS) is 38.2. The summed E-state index contributed by atoms with van der Waals surface area (Å²) in [6.45, 7) is 4.38. The summed E-state index contributed by atoms with van der Waals surface area (Å²) in [4.78, 5) is 0. The summed E-state index contributed by atoms with van der Waals surface area (Å²) in [6, 6.07) is 9.41. The van der Waals surface area contributed by atoms with Crippen molar-refractivity contribution in [3.8, 4) is 0 Å². The number of hydrogen-bond acceptors (Lipinski definition) is 0. The van der Waals surface area contributed by atoms with Gasteiger partial charge in [0.05, 0.1) is 0 Å². The third-order valence-corrected chi connectivity index (χ3v) is 8.15. The molecule has 3 aliphatic carbocycles. The van der Waals surface area contributed by atoms with Crippen molar-refractivity contribution < 1.29 is 0 Å². The van der Waals surface area contributed by atoms with Gasteiger partial charge in [-0.3, -0.25) is 0 Å². The Kier molecular flexibility index (Phi) is 5.87. The van der Waals surface area contributed by atoms with Gasteiger partial charge in [-0.1, -0.05) is 42.0 Å². The van der Waals surface area contributed by atoms with Crippen molar-refractivity contribution in [3.05, 3.63) is 47.5 Å². The standard InChI is InChI=1S/C26H38/c1-3-4-20-7-11-22(12-8-20)24-14-16-25-17-23(13-15-26(25)18-24)21-9-5-19(2)6-10-21/h3-6,9-10,20,22-26H,7-8,11-18H2,1-2H3/b4-3+. The van der Waals surface area contributed by atoms with Crippen molar-refractivity contribution in [1.29, 1.82) is 0 Å². The van der Waals surface area contributed by atoms with Crippen LogP contribution >= 0.6 is 0 Å². The zero-order valence-electron chi connectivity index (χ0n) is 17.0. The van der Waals surface area contributed by atoms with E-state index in [1.165, 1.54) is 63.4 Å². The van der Waals surface area contributed by atoms with E-state index in [1.54, 1.807) is 12.0 Å². The SMILES string of the molecule is C/C=C/C1CCC(C2CCC3CC(c4ccc(C)cc4)CCC3C2)CC1. The van der Waals surface area contributed by atoms with Gasteiger partial charge in [-0.05, 0) is 119 Å². The Morgan fingerprint density at radius 3 is 1.96 bits per heavy atom. The number of rotatable bonds is 3. The quantitative estimate of drug-likeness (QED) is 0.490. The lowest BCUT2D eigenvalue weighted by Crippen LogP contribution is -2.34. The van der Waals surface area contributed by atoms with Crippen LogP contribution < -0.4 is 0 Å². The molecular formula is C26H38. The monoisotopic (exact) mass is 350 g/mol. The van der Waals surface area contributed by atoms with Crippen molar-refractivity contribution >= 4 is 0 Å². The van der Waals surface area contributed by atoms with Crippen LogP contribution in [0.2, 0.25) is 0 Å². The number of benzene rings is 1. The number of allylic oxidation sites excluding steroid dienone is 2. The first-order valence-electron chi connectivity index (χ1n) is 11.4. The highest BCUT2D eigenvalue weighted by Gasteiger charge is 2.38. The van der Waals surface area contributed by atoms with Crippen molar-refractivity contribution in [2.24, 2.45) is 29.6 Å². The Balaban J connectivity index is 1.30. The van der Waals surface area contributed by atoms with Crippen molar-refractivity contribution in [2.75, 3.05) is 0 Å². The van der Waals surface area contributed by atoms with Gasteiger partial charge in [-0.15, -0.1) is 0 Å². The van der Waals surface area contributed by atoms with Crippen LogP contribution in [0.3, 0.4) is 0 Å². The molecule has 4 rings (SSSR count). The molecule has 0 N–H and O–H groups in total. The van der Waals surface area contributed by atoms with E-state index < -0.39 is 0 Å². The summed E-state index contributed by atoms with van der Waals surface area (Å²) in [5.74, 6) is 5.89. The average Bonchev–Trinajstić information content (AvgIpc) is 2.69. The van der Waals surface area contributed by atoms with Gasteiger partial charge < -0.3 is 0 Å². The maximum Gasteiger partial charge on any atom is -0.0159 e. The fourth-order valence-electron chi connectivity index (χ4n) is 6.58. The van der Waals surface area contributed by atoms with Crippen molar-refractivity contribution in [3.63, 3.8) is 0 Å². The van der Waals surface area contributed by atoms with Gasteiger partial charge in [0, 0.05) is 0 Å². The molecule has 0 aromatic heterocycles. The van der Waals surface area contributed by atoms with Gasteiger partial charge >= 0.3 is 0 Å². The number of hydrogen-bond donors (Lipinski definition) is 0. The average molecular weight is 351 g/mol. The van der Waals surface area contributed by atoms with Crippen molar-refractivity contribution in [1.82, 2.24) is 0 Å². The van der Waals surface area contributed by atoms with Gasteiger partial charge in [0.1, 0.15) is 0 Å². The second-order valence-electron chi connectivity index (χ2n) is 9.71. The largest absolute Gasteiger partial charge is 0.0914 e. The molecule has 4 unspecified atom stereocenters. The molecule has 4 atom stereocenters. The lowest BCUT2D eigenvalue weighted by molar-refractivity contribution is 0.0748. The summed E-state index contributed by atoms with van der Waals surface area (Å²) in [5.41, 5.74) is 3.01. The van der Waals surface area contributed by atoms with Crippen LogP contribution in [0, 0.1) is 36.5 Å². The molecule has 0 bridgehead atoms. The molecule has 26 heavy (non-hydrogen) atoms. The van der Waals surface area contributed by atoms with Gasteiger partial charge in [-0.2, -0.15) is 0 Å². The Labute approximate surface area is 161 Å². The first-order chi connectivity index (χ1) is 12.7. The molecule has 3 saturated carbocycles. The molecule has 142 valence electrons. The summed E-state index contributed by atoms with van der Waals surface area (Å²) < 4.78 is 0. The van der Waals surface area contributed by atoms with Crippen LogP contribution in [0.4, 0.5) is 0 Å².